The van der Waals surface area contributed by atoms with Crippen molar-refractivity contribution >= 4 is 5.78 Å². The third kappa shape index (κ3) is 2.13. The molecule has 0 N–H and O–H groups in total. The van der Waals surface area contributed by atoms with E-state index in [4.69, 9.17) is 0 Å². The molecule has 4 fully saturated rings. The van der Waals surface area contributed by atoms with Crippen molar-refractivity contribution in [3.63, 3.8) is 0 Å². The van der Waals surface area contributed by atoms with Crippen LogP contribution in [0, 0.1) is 46.3 Å². The highest BCUT2D eigenvalue weighted by molar-refractivity contribution is 5.87. The Morgan fingerprint density at radius 2 is 1.65 bits per heavy atom. The number of carbonyl (C=O) groups excluding carboxylic acids is 1. The number of fused-ring (bicyclic) bond motifs is 5. The molecule has 4 aliphatic carbocycles. The summed E-state index contributed by atoms with van der Waals surface area (Å²) in [6, 6.07) is 0. The molecular weight excluding hydrogens is 280 g/mol. The SMILES string of the molecule is CC1CCC2C3CCC4(C)C(=O)CCC4C3CCC2(C(C)C)C1. The van der Waals surface area contributed by atoms with E-state index in [-0.39, 0.29) is 5.41 Å². The third-order valence-electron chi connectivity index (χ3n) is 9.25. The van der Waals surface area contributed by atoms with Gasteiger partial charge in [-0.05, 0) is 85.9 Å². The van der Waals surface area contributed by atoms with Gasteiger partial charge in [0.15, 0.2) is 0 Å². The van der Waals surface area contributed by atoms with Crippen molar-refractivity contribution in [3.8, 4) is 0 Å². The quantitative estimate of drug-likeness (QED) is 0.591. The first-order chi connectivity index (χ1) is 10.9. The summed E-state index contributed by atoms with van der Waals surface area (Å²) < 4.78 is 0. The summed E-state index contributed by atoms with van der Waals surface area (Å²) in [5.74, 6) is 5.82. The zero-order valence-corrected chi connectivity index (χ0v) is 15.7. The maximum absolute atomic E-state index is 12.5. The van der Waals surface area contributed by atoms with Gasteiger partial charge in [-0.2, -0.15) is 0 Å². The minimum atomic E-state index is 0.0565. The second-order valence-electron chi connectivity index (χ2n) is 10.3. The van der Waals surface area contributed by atoms with Crippen LogP contribution in [0.3, 0.4) is 0 Å². The Balaban J connectivity index is 1.65. The van der Waals surface area contributed by atoms with Crippen LogP contribution >= 0.6 is 0 Å². The first-order valence-corrected chi connectivity index (χ1v) is 10.4. The molecule has 4 saturated carbocycles. The lowest BCUT2D eigenvalue weighted by Gasteiger charge is -2.61. The molecule has 0 bridgehead atoms. The number of ketones is 1. The van der Waals surface area contributed by atoms with Gasteiger partial charge in [-0.15, -0.1) is 0 Å². The molecule has 1 heteroatoms. The molecule has 4 aliphatic rings. The highest BCUT2D eigenvalue weighted by Gasteiger charge is 2.60. The Hall–Kier alpha value is -0.330. The molecule has 0 saturated heterocycles. The fraction of sp³-hybridized carbons (Fsp3) is 0.955. The molecule has 130 valence electrons. The van der Waals surface area contributed by atoms with E-state index < -0.39 is 0 Å². The summed E-state index contributed by atoms with van der Waals surface area (Å²) in [5.41, 5.74) is 0.677. The molecule has 4 rings (SSSR count). The second-order valence-corrected chi connectivity index (χ2v) is 10.3. The average Bonchev–Trinajstić information content (AvgIpc) is 2.82. The van der Waals surface area contributed by atoms with Crippen molar-refractivity contribution in [1.82, 2.24) is 0 Å². The van der Waals surface area contributed by atoms with Gasteiger partial charge in [0.05, 0.1) is 0 Å². The Morgan fingerprint density at radius 3 is 2.39 bits per heavy atom. The molecule has 7 atom stereocenters. The van der Waals surface area contributed by atoms with Crippen molar-refractivity contribution in [1.29, 1.82) is 0 Å². The standard InChI is InChI=1S/C22H36O/c1-14(2)22-12-10-16-17(19(22)6-5-15(3)13-22)9-11-21(4)18(16)7-8-20(21)23/h14-19H,5-13H2,1-4H3. The minimum Gasteiger partial charge on any atom is -0.299 e. The van der Waals surface area contributed by atoms with Crippen molar-refractivity contribution < 1.29 is 4.79 Å². The van der Waals surface area contributed by atoms with Gasteiger partial charge >= 0.3 is 0 Å². The highest BCUT2D eigenvalue weighted by Crippen LogP contribution is 2.66. The van der Waals surface area contributed by atoms with Gasteiger partial charge in [0, 0.05) is 11.8 Å². The Morgan fingerprint density at radius 1 is 0.957 bits per heavy atom. The molecule has 0 aliphatic heterocycles. The first kappa shape index (κ1) is 16.2. The number of hydrogen-bond donors (Lipinski definition) is 0. The summed E-state index contributed by atoms with van der Waals surface area (Å²) in [4.78, 5) is 12.5. The number of rotatable bonds is 1. The molecule has 0 aromatic heterocycles. The molecule has 0 spiro atoms. The van der Waals surface area contributed by atoms with E-state index in [2.05, 4.69) is 27.7 Å². The monoisotopic (exact) mass is 316 g/mol. The van der Waals surface area contributed by atoms with E-state index in [0.29, 0.717) is 11.2 Å². The molecule has 1 nitrogen and oxygen atoms in total. The maximum Gasteiger partial charge on any atom is 0.139 e. The molecule has 23 heavy (non-hydrogen) atoms. The first-order valence-electron chi connectivity index (χ1n) is 10.4. The van der Waals surface area contributed by atoms with Crippen molar-refractivity contribution in [2.24, 2.45) is 46.3 Å². The van der Waals surface area contributed by atoms with Gasteiger partial charge in [-0.3, -0.25) is 4.79 Å². The van der Waals surface area contributed by atoms with Crippen molar-refractivity contribution in [2.75, 3.05) is 0 Å². The largest absolute Gasteiger partial charge is 0.299 e. The number of carbonyl (C=O) groups is 1. The van der Waals surface area contributed by atoms with E-state index in [1.165, 1.54) is 51.4 Å². The maximum atomic E-state index is 12.5. The Kier molecular flexibility index (Phi) is 3.75. The van der Waals surface area contributed by atoms with E-state index in [0.717, 1.165) is 41.9 Å². The van der Waals surface area contributed by atoms with Gasteiger partial charge in [0.25, 0.3) is 0 Å². The van der Waals surface area contributed by atoms with Crippen LogP contribution in [-0.4, -0.2) is 5.78 Å². The highest BCUT2D eigenvalue weighted by atomic mass is 16.1. The number of Topliss-reactive ketones (excluding diaryl/α,β-unsaturated/α-hetero) is 1. The van der Waals surface area contributed by atoms with Gasteiger partial charge < -0.3 is 0 Å². The topological polar surface area (TPSA) is 17.1 Å². The molecule has 0 aromatic rings. The molecular formula is C22H36O. The summed E-state index contributed by atoms with van der Waals surface area (Å²) in [6.45, 7) is 9.80. The lowest BCUT2D eigenvalue weighted by Crippen LogP contribution is -2.54. The van der Waals surface area contributed by atoms with Crippen LogP contribution in [-0.2, 0) is 4.79 Å². The molecule has 0 heterocycles. The van der Waals surface area contributed by atoms with Crippen LogP contribution in [0.2, 0.25) is 0 Å². The third-order valence-corrected chi connectivity index (χ3v) is 9.25. The van der Waals surface area contributed by atoms with E-state index in [1.807, 2.05) is 0 Å². The van der Waals surface area contributed by atoms with Crippen LogP contribution in [0.4, 0.5) is 0 Å². The predicted octanol–water partition coefficient (Wildman–Crippen LogP) is 5.87. The normalized spacial score (nSPS) is 52.9. The Labute approximate surface area is 143 Å². The minimum absolute atomic E-state index is 0.0565. The molecule has 7 unspecified atom stereocenters. The van der Waals surface area contributed by atoms with Crippen LogP contribution in [0.5, 0.6) is 0 Å². The molecule has 0 aromatic carbocycles. The molecule has 0 amide bonds. The lowest BCUT2D eigenvalue weighted by atomic mass is 9.43. The van der Waals surface area contributed by atoms with Crippen molar-refractivity contribution in [3.05, 3.63) is 0 Å². The van der Waals surface area contributed by atoms with Gasteiger partial charge in [0.2, 0.25) is 0 Å². The average molecular weight is 317 g/mol. The fourth-order valence-electron chi connectivity index (χ4n) is 7.97. The van der Waals surface area contributed by atoms with Crippen LogP contribution in [0.15, 0.2) is 0 Å². The Bertz CT molecular complexity index is 494. The van der Waals surface area contributed by atoms with E-state index in [9.17, 15) is 4.79 Å². The zero-order chi connectivity index (χ0) is 16.4. The van der Waals surface area contributed by atoms with Crippen LogP contribution < -0.4 is 0 Å². The van der Waals surface area contributed by atoms with E-state index in [1.54, 1.807) is 0 Å². The van der Waals surface area contributed by atoms with Gasteiger partial charge in [0.1, 0.15) is 5.78 Å². The van der Waals surface area contributed by atoms with E-state index >= 15 is 0 Å². The summed E-state index contributed by atoms with van der Waals surface area (Å²) in [7, 11) is 0. The van der Waals surface area contributed by atoms with Gasteiger partial charge in [-0.1, -0.05) is 34.1 Å². The molecule has 0 radical (unpaired) electrons. The van der Waals surface area contributed by atoms with Crippen LogP contribution in [0.25, 0.3) is 0 Å². The fourth-order valence-corrected chi connectivity index (χ4v) is 7.97. The summed E-state index contributed by atoms with van der Waals surface area (Å²) in [6.07, 6.45) is 11.9. The second kappa shape index (κ2) is 5.33. The zero-order valence-electron chi connectivity index (χ0n) is 15.7. The van der Waals surface area contributed by atoms with Crippen LogP contribution in [0.1, 0.15) is 85.5 Å². The number of hydrogen-bond acceptors (Lipinski definition) is 1. The summed E-state index contributed by atoms with van der Waals surface area (Å²) in [5, 5.41) is 0. The predicted molar refractivity (Wildman–Crippen MR) is 95.1 cm³/mol. The lowest BCUT2D eigenvalue weighted by molar-refractivity contribution is -0.142. The van der Waals surface area contributed by atoms with Crippen molar-refractivity contribution in [2.45, 2.75) is 85.5 Å². The van der Waals surface area contributed by atoms with Gasteiger partial charge in [-0.25, -0.2) is 0 Å². The summed E-state index contributed by atoms with van der Waals surface area (Å²) >= 11 is 0. The smallest absolute Gasteiger partial charge is 0.139 e.